The van der Waals surface area contributed by atoms with Crippen molar-refractivity contribution in [3.05, 3.63) is 22.3 Å². The summed E-state index contributed by atoms with van der Waals surface area (Å²) in [7, 11) is 3.40. The Labute approximate surface area is 115 Å². The second-order valence-electron chi connectivity index (χ2n) is 5.55. The summed E-state index contributed by atoms with van der Waals surface area (Å²) < 4.78 is 11.2. The molecule has 0 spiro atoms. The van der Waals surface area contributed by atoms with Crippen molar-refractivity contribution in [1.82, 2.24) is 0 Å². The molecule has 0 aliphatic heterocycles. The second-order valence-corrected chi connectivity index (χ2v) is 5.82. The van der Waals surface area contributed by atoms with Gasteiger partial charge in [-0.3, -0.25) is 0 Å². The lowest BCUT2D eigenvalue weighted by Crippen LogP contribution is -2.18. The van der Waals surface area contributed by atoms with Crippen LogP contribution in [0.15, 0.2) is 0 Å². The summed E-state index contributed by atoms with van der Waals surface area (Å²) in [5.41, 5.74) is 4.35. The van der Waals surface area contributed by atoms with E-state index in [-0.39, 0.29) is 5.41 Å². The van der Waals surface area contributed by atoms with Crippen LogP contribution in [-0.2, 0) is 11.3 Å². The van der Waals surface area contributed by atoms with Crippen LogP contribution in [0.5, 0.6) is 11.5 Å². The van der Waals surface area contributed by atoms with E-state index in [1.165, 1.54) is 0 Å². The van der Waals surface area contributed by atoms with Crippen molar-refractivity contribution in [3.8, 4) is 11.5 Å². The van der Waals surface area contributed by atoms with Crippen LogP contribution in [0.25, 0.3) is 0 Å². The fourth-order valence-electron chi connectivity index (χ4n) is 2.46. The largest absolute Gasteiger partial charge is 0.496 e. The lowest BCUT2D eigenvalue weighted by atomic mass is 9.80. The monoisotopic (exact) mass is 270 g/mol. The quantitative estimate of drug-likeness (QED) is 0.760. The molecule has 0 fully saturated rings. The average molecular weight is 271 g/mol. The van der Waals surface area contributed by atoms with Crippen LogP contribution in [0.3, 0.4) is 0 Å². The van der Waals surface area contributed by atoms with E-state index in [1.54, 1.807) is 14.2 Å². The van der Waals surface area contributed by atoms with Gasteiger partial charge in [-0.2, -0.15) is 0 Å². The minimum Gasteiger partial charge on any atom is -0.496 e. The molecule has 0 aliphatic rings. The highest BCUT2D eigenvalue weighted by Crippen LogP contribution is 2.44. The lowest BCUT2D eigenvalue weighted by Gasteiger charge is -2.29. The SMILES string of the molecule is COc1c(C)c(C)c(OC)c(C(C)(C)C)c1CCl. The Kier molecular flexibility index (Phi) is 4.55. The molecule has 0 radical (unpaired) electrons. The van der Waals surface area contributed by atoms with Gasteiger partial charge in [-0.05, 0) is 30.4 Å². The highest BCUT2D eigenvalue weighted by Gasteiger charge is 2.28. The first-order valence-corrected chi connectivity index (χ1v) is 6.63. The van der Waals surface area contributed by atoms with E-state index in [9.17, 15) is 0 Å². The first kappa shape index (κ1) is 15.2. The highest BCUT2D eigenvalue weighted by atomic mass is 35.5. The van der Waals surface area contributed by atoms with E-state index in [1.807, 2.05) is 6.92 Å². The third kappa shape index (κ3) is 2.44. The van der Waals surface area contributed by atoms with E-state index >= 15 is 0 Å². The average Bonchev–Trinajstić information content (AvgIpc) is 2.30. The van der Waals surface area contributed by atoms with Crippen molar-refractivity contribution in [1.29, 1.82) is 0 Å². The molecule has 102 valence electrons. The Balaban J connectivity index is 3.80. The number of rotatable bonds is 3. The van der Waals surface area contributed by atoms with E-state index in [0.717, 1.165) is 33.8 Å². The molecule has 0 aromatic heterocycles. The molecule has 0 bridgehead atoms. The molecule has 3 heteroatoms. The standard InChI is InChI=1S/C15H23ClO2/c1-9-10(2)14(18-7)12(15(3,4)5)11(8-16)13(9)17-6/h8H2,1-7H3. The maximum absolute atomic E-state index is 6.14. The number of hydrogen-bond donors (Lipinski definition) is 0. The summed E-state index contributed by atoms with van der Waals surface area (Å²) in [6, 6.07) is 0. The molecule has 2 nitrogen and oxygen atoms in total. The van der Waals surface area contributed by atoms with Crippen LogP contribution >= 0.6 is 11.6 Å². The molecule has 0 N–H and O–H groups in total. The van der Waals surface area contributed by atoms with Crippen molar-refractivity contribution in [3.63, 3.8) is 0 Å². The van der Waals surface area contributed by atoms with E-state index in [2.05, 4.69) is 27.7 Å². The maximum Gasteiger partial charge on any atom is 0.127 e. The van der Waals surface area contributed by atoms with Gasteiger partial charge in [-0.25, -0.2) is 0 Å². The van der Waals surface area contributed by atoms with Crippen molar-refractivity contribution in [2.75, 3.05) is 14.2 Å². The van der Waals surface area contributed by atoms with Gasteiger partial charge >= 0.3 is 0 Å². The predicted molar refractivity (Wildman–Crippen MR) is 77.3 cm³/mol. The van der Waals surface area contributed by atoms with Gasteiger partial charge < -0.3 is 9.47 Å². The highest BCUT2D eigenvalue weighted by molar-refractivity contribution is 6.17. The smallest absolute Gasteiger partial charge is 0.127 e. The number of methoxy groups -OCH3 is 2. The molecule has 0 aliphatic carbocycles. The Morgan fingerprint density at radius 3 is 1.72 bits per heavy atom. The van der Waals surface area contributed by atoms with Crippen LogP contribution in [-0.4, -0.2) is 14.2 Å². The van der Waals surface area contributed by atoms with E-state index < -0.39 is 0 Å². The maximum atomic E-state index is 6.14. The molecule has 1 aromatic carbocycles. The summed E-state index contributed by atoms with van der Waals surface area (Å²) in [6.07, 6.45) is 0. The van der Waals surface area contributed by atoms with Crippen molar-refractivity contribution >= 4 is 11.6 Å². The number of ether oxygens (including phenoxy) is 2. The first-order chi connectivity index (χ1) is 8.29. The Morgan fingerprint density at radius 1 is 0.944 bits per heavy atom. The molecule has 0 unspecified atom stereocenters. The molecule has 0 amide bonds. The van der Waals surface area contributed by atoms with Crippen LogP contribution in [0.1, 0.15) is 43.0 Å². The summed E-state index contributed by atoms with van der Waals surface area (Å²) in [5, 5.41) is 0. The Hall–Kier alpha value is -0.890. The van der Waals surface area contributed by atoms with Gasteiger partial charge in [0.15, 0.2) is 0 Å². The summed E-state index contributed by atoms with van der Waals surface area (Å²) in [4.78, 5) is 0. The van der Waals surface area contributed by atoms with Gasteiger partial charge in [0.05, 0.1) is 20.1 Å². The topological polar surface area (TPSA) is 18.5 Å². The molecule has 18 heavy (non-hydrogen) atoms. The molecular formula is C15H23ClO2. The molecule has 0 saturated heterocycles. The minimum atomic E-state index is -0.0404. The molecule has 0 atom stereocenters. The summed E-state index contributed by atoms with van der Waals surface area (Å²) in [5.74, 6) is 2.23. The minimum absolute atomic E-state index is 0.0404. The molecule has 0 heterocycles. The van der Waals surface area contributed by atoms with Gasteiger partial charge in [-0.15, -0.1) is 11.6 Å². The first-order valence-electron chi connectivity index (χ1n) is 6.10. The van der Waals surface area contributed by atoms with Crippen LogP contribution in [0.4, 0.5) is 0 Å². The number of benzene rings is 1. The van der Waals surface area contributed by atoms with Gasteiger partial charge in [0.2, 0.25) is 0 Å². The zero-order valence-corrected chi connectivity index (χ0v) is 13.2. The van der Waals surface area contributed by atoms with Gasteiger partial charge in [-0.1, -0.05) is 20.8 Å². The van der Waals surface area contributed by atoms with Crippen LogP contribution < -0.4 is 9.47 Å². The van der Waals surface area contributed by atoms with Crippen molar-refractivity contribution in [2.45, 2.75) is 45.9 Å². The normalized spacial score (nSPS) is 11.6. The number of hydrogen-bond acceptors (Lipinski definition) is 2. The van der Waals surface area contributed by atoms with Gasteiger partial charge in [0, 0.05) is 11.1 Å². The van der Waals surface area contributed by atoms with Crippen LogP contribution in [0, 0.1) is 13.8 Å². The fourth-order valence-corrected chi connectivity index (χ4v) is 2.71. The molecule has 1 rings (SSSR count). The number of halogens is 1. The second kappa shape index (κ2) is 5.40. The van der Waals surface area contributed by atoms with Crippen LogP contribution in [0.2, 0.25) is 0 Å². The van der Waals surface area contributed by atoms with E-state index in [4.69, 9.17) is 21.1 Å². The summed E-state index contributed by atoms with van der Waals surface area (Å²) >= 11 is 6.14. The van der Waals surface area contributed by atoms with Crippen molar-refractivity contribution in [2.24, 2.45) is 0 Å². The fraction of sp³-hybridized carbons (Fsp3) is 0.600. The van der Waals surface area contributed by atoms with E-state index in [0.29, 0.717) is 5.88 Å². The third-order valence-corrected chi connectivity index (χ3v) is 3.61. The van der Waals surface area contributed by atoms with Crippen molar-refractivity contribution < 1.29 is 9.47 Å². The molecule has 0 saturated carbocycles. The molecular weight excluding hydrogens is 248 g/mol. The molecule has 1 aromatic rings. The summed E-state index contributed by atoms with van der Waals surface area (Å²) in [6.45, 7) is 10.6. The zero-order chi connectivity index (χ0) is 14.1. The van der Waals surface area contributed by atoms with Gasteiger partial charge in [0.1, 0.15) is 11.5 Å². The lowest BCUT2D eigenvalue weighted by molar-refractivity contribution is 0.379. The third-order valence-electron chi connectivity index (χ3n) is 3.34. The number of alkyl halides is 1. The zero-order valence-electron chi connectivity index (χ0n) is 12.4. The predicted octanol–water partition coefficient (Wildman–Crippen LogP) is 4.36. The Bertz CT molecular complexity index is 445. The van der Waals surface area contributed by atoms with Gasteiger partial charge in [0.25, 0.3) is 0 Å². The Morgan fingerprint density at radius 2 is 1.39 bits per heavy atom.